The molecule has 22 heavy (non-hydrogen) atoms. The third kappa shape index (κ3) is 3.58. The Morgan fingerprint density at radius 3 is 2.36 bits per heavy atom. The van der Waals surface area contributed by atoms with Gasteiger partial charge in [-0.1, -0.05) is 36.6 Å². The van der Waals surface area contributed by atoms with Crippen molar-refractivity contribution in [3.05, 3.63) is 34.9 Å². The Morgan fingerprint density at radius 1 is 1.18 bits per heavy atom. The topological polar surface area (TPSA) is 55.1 Å². The number of nitrogens with one attached hydrogen (secondary N) is 1. The van der Waals surface area contributed by atoms with Gasteiger partial charge in [-0.15, -0.1) is 12.4 Å². The minimum atomic E-state index is -0.200. The number of halogens is 2. The number of rotatable bonds is 3. The second kappa shape index (κ2) is 7.20. The van der Waals surface area contributed by atoms with Crippen LogP contribution in [0.1, 0.15) is 50.5 Å². The average Bonchev–Trinajstić information content (AvgIpc) is 3.09. The van der Waals surface area contributed by atoms with E-state index in [0.717, 1.165) is 50.0 Å². The van der Waals surface area contributed by atoms with E-state index in [1.165, 1.54) is 5.56 Å². The van der Waals surface area contributed by atoms with Crippen LogP contribution in [-0.2, 0) is 10.3 Å². The summed E-state index contributed by atoms with van der Waals surface area (Å²) >= 11 is 5.99. The second-order valence-electron chi connectivity index (χ2n) is 6.56. The van der Waals surface area contributed by atoms with Crippen LogP contribution in [0.15, 0.2) is 24.3 Å². The second-order valence-corrected chi connectivity index (χ2v) is 6.99. The lowest BCUT2D eigenvalue weighted by atomic mass is 9.87. The third-order valence-corrected chi connectivity index (χ3v) is 5.31. The molecule has 2 atom stereocenters. The number of nitrogens with two attached hydrogens (primary N) is 1. The zero-order chi connectivity index (χ0) is 14.9. The monoisotopic (exact) mass is 342 g/mol. The summed E-state index contributed by atoms with van der Waals surface area (Å²) in [4.78, 5) is 12.6. The maximum Gasteiger partial charge on any atom is 0.223 e. The summed E-state index contributed by atoms with van der Waals surface area (Å²) in [5.41, 5.74) is 6.92. The van der Waals surface area contributed by atoms with Gasteiger partial charge in [0.2, 0.25) is 5.91 Å². The van der Waals surface area contributed by atoms with Gasteiger partial charge < -0.3 is 11.1 Å². The fraction of sp³-hybridized carbons (Fsp3) is 0.588. The normalized spacial score (nSPS) is 26.5. The van der Waals surface area contributed by atoms with E-state index >= 15 is 0 Å². The van der Waals surface area contributed by atoms with Crippen LogP contribution in [0.5, 0.6) is 0 Å². The number of amides is 1. The molecule has 0 spiro atoms. The van der Waals surface area contributed by atoms with E-state index in [9.17, 15) is 4.79 Å². The average molecular weight is 343 g/mol. The maximum absolute atomic E-state index is 12.6. The Kier molecular flexibility index (Phi) is 5.76. The highest BCUT2D eigenvalue weighted by molar-refractivity contribution is 6.30. The highest BCUT2D eigenvalue weighted by atomic mass is 35.5. The first kappa shape index (κ1) is 17.6. The molecule has 0 heterocycles. The first-order valence-electron chi connectivity index (χ1n) is 7.93. The van der Waals surface area contributed by atoms with Crippen LogP contribution < -0.4 is 11.1 Å². The highest BCUT2D eigenvalue weighted by Gasteiger charge is 2.39. The molecule has 0 bridgehead atoms. The number of carbonyl (C=O) groups is 1. The standard InChI is InChI=1S/C17H23ClN2O.ClH/c18-14-6-4-13(5-7-14)17(9-1-2-10-17)20-16(21)12-3-8-15(19)11-12;/h4-7,12,15H,1-3,8-11,19H2,(H,20,21);1H. The van der Waals surface area contributed by atoms with Gasteiger partial charge in [-0.3, -0.25) is 4.79 Å². The SMILES string of the molecule is Cl.NC1CCC(C(=O)NC2(c3ccc(Cl)cc3)CCCC2)C1. The summed E-state index contributed by atoms with van der Waals surface area (Å²) in [6.45, 7) is 0. The molecule has 0 radical (unpaired) electrons. The fourth-order valence-corrected chi connectivity index (χ4v) is 3.95. The molecule has 2 unspecified atom stereocenters. The summed E-state index contributed by atoms with van der Waals surface area (Å²) in [5, 5.41) is 4.09. The Hall–Kier alpha value is -0.770. The smallest absolute Gasteiger partial charge is 0.223 e. The predicted molar refractivity (Wildman–Crippen MR) is 92.3 cm³/mol. The maximum atomic E-state index is 12.6. The van der Waals surface area contributed by atoms with Gasteiger partial charge in [-0.2, -0.15) is 0 Å². The van der Waals surface area contributed by atoms with Gasteiger partial charge in [-0.25, -0.2) is 0 Å². The van der Waals surface area contributed by atoms with Crippen molar-refractivity contribution in [2.75, 3.05) is 0 Å². The summed E-state index contributed by atoms with van der Waals surface area (Å²) in [7, 11) is 0. The van der Waals surface area contributed by atoms with Crippen LogP contribution in [0.2, 0.25) is 5.02 Å². The number of benzene rings is 1. The van der Waals surface area contributed by atoms with Crippen molar-refractivity contribution in [1.29, 1.82) is 0 Å². The molecular formula is C17H24Cl2N2O. The number of hydrogen-bond donors (Lipinski definition) is 2. The summed E-state index contributed by atoms with van der Waals surface area (Å²) in [6.07, 6.45) is 7.05. The molecule has 5 heteroatoms. The Bertz CT molecular complexity index is 512. The largest absolute Gasteiger partial charge is 0.346 e. The fourth-order valence-electron chi connectivity index (χ4n) is 3.83. The van der Waals surface area contributed by atoms with Gasteiger partial charge in [0.25, 0.3) is 0 Å². The number of carbonyl (C=O) groups excluding carboxylic acids is 1. The molecule has 122 valence electrons. The molecular weight excluding hydrogens is 319 g/mol. The molecule has 2 saturated carbocycles. The Morgan fingerprint density at radius 2 is 1.82 bits per heavy atom. The van der Waals surface area contributed by atoms with Crippen molar-refractivity contribution in [1.82, 2.24) is 5.32 Å². The van der Waals surface area contributed by atoms with Gasteiger partial charge in [0.1, 0.15) is 0 Å². The van der Waals surface area contributed by atoms with Crippen LogP contribution in [0, 0.1) is 5.92 Å². The minimum Gasteiger partial charge on any atom is -0.346 e. The zero-order valence-corrected chi connectivity index (χ0v) is 14.3. The van der Waals surface area contributed by atoms with Gasteiger partial charge in [0.15, 0.2) is 0 Å². The lowest BCUT2D eigenvalue weighted by Crippen LogP contribution is -2.46. The summed E-state index contributed by atoms with van der Waals surface area (Å²) in [6, 6.07) is 8.11. The van der Waals surface area contributed by atoms with E-state index in [1.54, 1.807) is 0 Å². The minimum absolute atomic E-state index is 0. The highest BCUT2D eigenvalue weighted by Crippen LogP contribution is 2.40. The molecule has 1 aromatic carbocycles. The van der Waals surface area contributed by atoms with Crippen molar-refractivity contribution in [3.8, 4) is 0 Å². The van der Waals surface area contributed by atoms with Crippen LogP contribution in [0.4, 0.5) is 0 Å². The van der Waals surface area contributed by atoms with Gasteiger partial charge in [-0.05, 0) is 49.8 Å². The van der Waals surface area contributed by atoms with E-state index in [0.29, 0.717) is 0 Å². The van der Waals surface area contributed by atoms with Crippen LogP contribution >= 0.6 is 24.0 Å². The molecule has 2 aliphatic rings. The molecule has 1 amide bonds. The molecule has 0 aromatic heterocycles. The lowest BCUT2D eigenvalue weighted by Gasteiger charge is -2.32. The van der Waals surface area contributed by atoms with Crippen molar-refractivity contribution >= 4 is 29.9 Å². The van der Waals surface area contributed by atoms with E-state index in [1.807, 2.05) is 24.3 Å². The van der Waals surface area contributed by atoms with E-state index in [-0.39, 0.29) is 35.8 Å². The van der Waals surface area contributed by atoms with E-state index < -0.39 is 0 Å². The van der Waals surface area contributed by atoms with Crippen molar-refractivity contribution in [2.24, 2.45) is 11.7 Å². The molecule has 0 saturated heterocycles. The summed E-state index contributed by atoms with van der Waals surface area (Å²) in [5.74, 6) is 0.268. The quantitative estimate of drug-likeness (QED) is 0.878. The van der Waals surface area contributed by atoms with Crippen LogP contribution in [-0.4, -0.2) is 11.9 Å². The predicted octanol–water partition coefficient (Wildman–Crippen LogP) is 3.77. The Balaban J connectivity index is 0.00000176. The molecule has 2 aliphatic carbocycles. The van der Waals surface area contributed by atoms with E-state index in [4.69, 9.17) is 17.3 Å². The van der Waals surface area contributed by atoms with Crippen molar-refractivity contribution in [2.45, 2.75) is 56.5 Å². The van der Waals surface area contributed by atoms with Crippen LogP contribution in [0.25, 0.3) is 0 Å². The third-order valence-electron chi connectivity index (χ3n) is 5.06. The Labute approximate surface area is 143 Å². The van der Waals surface area contributed by atoms with Crippen molar-refractivity contribution < 1.29 is 4.79 Å². The molecule has 3 N–H and O–H groups in total. The molecule has 1 aromatic rings. The number of hydrogen-bond acceptors (Lipinski definition) is 2. The van der Waals surface area contributed by atoms with Gasteiger partial charge in [0.05, 0.1) is 5.54 Å². The van der Waals surface area contributed by atoms with Gasteiger partial charge in [0, 0.05) is 17.0 Å². The van der Waals surface area contributed by atoms with Crippen molar-refractivity contribution in [3.63, 3.8) is 0 Å². The zero-order valence-electron chi connectivity index (χ0n) is 12.7. The van der Waals surface area contributed by atoms with Crippen LogP contribution in [0.3, 0.4) is 0 Å². The van der Waals surface area contributed by atoms with Gasteiger partial charge >= 0.3 is 0 Å². The molecule has 2 fully saturated rings. The van der Waals surface area contributed by atoms with E-state index in [2.05, 4.69) is 5.32 Å². The molecule has 0 aliphatic heterocycles. The lowest BCUT2D eigenvalue weighted by molar-refractivity contribution is -0.127. The summed E-state index contributed by atoms with van der Waals surface area (Å²) < 4.78 is 0. The first-order chi connectivity index (χ1) is 10.1. The molecule has 3 nitrogen and oxygen atoms in total. The first-order valence-corrected chi connectivity index (χ1v) is 8.30. The molecule has 3 rings (SSSR count).